The number of unbranched alkanes of at least 4 members (excludes halogenated alkanes) is 1. The van der Waals surface area contributed by atoms with Gasteiger partial charge in [0.15, 0.2) is 0 Å². The predicted octanol–water partition coefficient (Wildman–Crippen LogP) is 1.04. The Morgan fingerprint density at radius 1 is 1.31 bits per heavy atom. The standard InChI is InChI=1S/C10H16N2O4/c1-3-5-6-10(4-2)7(13)11-9(15)12(16)8(10)14/h16H,3-6H2,1-2H3,(H,11,13,15)/t10-/m0/s1. The monoisotopic (exact) mass is 228 g/mol. The summed E-state index contributed by atoms with van der Waals surface area (Å²) >= 11 is 0. The zero-order valence-electron chi connectivity index (χ0n) is 9.45. The second-order valence-electron chi connectivity index (χ2n) is 3.92. The summed E-state index contributed by atoms with van der Waals surface area (Å²) in [6.07, 6.45) is 2.13. The highest BCUT2D eigenvalue weighted by Crippen LogP contribution is 2.33. The van der Waals surface area contributed by atoms with E-state index in [1.165, 1.54) is 0 Å². The van der Waals surface area contributed by atoms with E-state index in [1.807, 2.05) is 12.2 Å². The molecule has 90 valence electrons. The molecule has 2 N–H and O–H groups in total. The fourth-order valence-electron chi connectivity index (χ4n) is 1.85. The van der Waals surface area contributed by atoms with Gasteiger partial charge in [0.1, 0.15) is 5.41 Å². The average Bonchev–Trinajstić information content (AvgIpc) is 2.27. The van der Waals surface area contributed by atoms with Crippen molar-refractivity contribution in [2.75, 3.05) is 0 Å². The molecule has 6 nitrogen and oxygen atoms in total. The third kappa shape index (κ3) is 1.80. The van der Waals surface area contributed by atoms with Gasteiger partial charge >= 0.3 is 6.03 Å². The Labute approximate surface area is 93.6 Å². The van der Waals surface area contributed by atoms with Crippen LogP contribution < -0.4 is 5.32 Å². The Bertz CT molecular complexity index is 329. The van der Waals surface area contributed by atoms with E-state index < -0.39 is 23.3 Å². The Hall–Kier alpha value is -1.43. The van der Waals surface area contributed by atoms with Crippen molar-refractivity contribution in [3.8, 4) is 0 Å². The Balaban J connectivity index is 3.01. The fourth-order valence-corrected chi connectivity index (χ4v) is 1.85. The van der Waals surface area contributed by atoms with E-state index in [-0.39, 0.29) is 11.5 Å². The summed E-state index contributed by atoms with van der Waals surface area (Å²) in [6.45, 7) is 3.63. The average molecular weight is 228 g/mol. The first-order valence-electron chi connectivity index (χ1n) is 5.38. The highest BCUT2D eigenvalue weighted by atomic mass is 16.5. The van der Waals surface area contributed by atoms with E-state index in [9.17, 15) is 19.6 Å². The first-order chi connectivity index (χ1) is 7.49. The van der Waals surface area contributed by atoms with Crippen LogP contribution >= 0.6 is 0 Å². The third-order valence-corrected chi connectivity index (χ3v) is 3.01. The summed E-state index contributed by atoms with van der Waals surface area (Å²) < 4.78 is 0. The third-order valence-electron chi connectivity index (χ3n) is 3.01. The number of carbonyl (C=O) groups excluding carboxylic acids is 3. The summed E-state index contributed by atoms with van der Waals surface area (Å²) in [7, 11) is 0. The van der Waals surface area contributed by atoms with Crippen LogP contribution in [0.25, 0.3) is 0 Å². The summed E-state index contributed by atoms with van der Waals surface area (Å²) in [5.41, 5.74) is -1.29. The molecule has 1 saturated heterocycles. The lowest BCUT2D eigenvalue weighted by Crippen LogP contribution is -2.62. The van der Waals surface area contributed by atoms with Crippen LogP contribution in [-0.2, 0) is 9.59 Å². The molecular weight excluding hydrogens is 212 g/mol. The number of rotatable bonds is 4. The van der Waals surface area contributed by atoms with Crippen molar-refractivity contribution in [1.29, 1.82) is 0 Å². The van der Waals surface area contributed by atoms with Crippen molar-refractivity contribution in [3.63, 3.8) is 0 Å². The van der Waals surface area contributed by atoms with Gasteiger partial charge in [0.2, 0.25) is 5.91 Å². The minimum Gasteiger partial charge on any atom is -0.277 e. The van der Waals surface area contributed by atoms with Crippen molar-refractivity contribution in [2.24, 2.45) is 5.41 Å². The molecule has 0 aliphatic carbocycles. The molecule has 1 atom stereocenters. The highest BCUT2D eigenvalue weighted by Gasteiger charge is 2.52. The molecule has 1 rings (SSSR count). The molecule has 0 aromatic carbocycles. The minimum atomic E-state index is -1.29. The summed E-state index contributed by atoms with van der Waals surface area (Å²) in [4.78, 5) is 34.5. The molecule has 0 radical (unpaired) electrons. The van der Waals surface area contributed by atoms with E-state index in [1.54, 1.807) is 6.92 Å². The lowest BCUT2D eigenvalue weighted by molar-refractivity contribution is -0.174. The molecular formula is C10H16N2O4. The molecule has 0 saturated carbocycles. The summed E-state index contributed by atoms with van der Waals surface area (Å²) in [5.74, 6) is -1.43. The second kappa shape index (κ2) is 4.61. The van der Waals surface area contributed by atoms with Crippen LogP contribution in [0, 0.1) is 5.41 Å². The van der Waals surface area contributed by atoms with Crippen LogP contribution in [0.15, 0.2) is 0 Å². The maximum atomic E-state index is 11.8. The molecule has 0 unspecified atom stereocenters. The first kappa shape index (κ1) is 12.6. The molecule has 4 amide bonds. The predicted molar refractivity (Wildman–Crippen MR) is 54.4 cm³/mol. The molecule has 0 aromatic heterocycles. The molecule has 1 fully saturated rings. The van der Waals surface area contributed by atoms with Crippen LogP contribution in [0.4, 0.5) is 4.79 Å². The Morgan fingerprint density at radius 2 is 1.94 bits per heavy atom. The van der Waals surface area contributed by atoms with Gasteiger partial charge in [0.25, 0.3) is 5.91 Å². The van der Waals surface area contributed by atoms with Crippen molar-refractivity contribution in [2.45, 2.75) is 39.5 Å². The van der Waals surface area contributed by atoms with Crippen LogP contribution in [0.5, 0.6) is 0 Å². The molecule has 16 heavy (non-hydrogen) atoms. The number of nitrogens with one attached hydrogen (secondary N) is 1. The van der Waals surface area contributed by atoms with E-state index in [0.29, 0.717) is 12.8 Å². The quantitative estimate of drug-likeness (QED) is 0.556. The SMILES string of the molecule is CCCC[C@@]1(CC)C(=O)NC(=O)N(O)C1=O. The molecule has 6 heteroatoms. The number of nitrogens with zero attached hydrogens (tertiary/aromatic N) is 1. The van der Waals surface area contributed by atoms with Crippen LogP contribution in [0.2, 0.25) is 0 Å². The van der Waals surface area contributed by atoms with E-state index in [2.05, 4.69) is 0 Å². The Morgan fingerprint density at radius 3 is 2.44 bits per heavy atom. The van der Waals surface area contributed by atoms with E-state index in [0.717, 1.165) is 6.42 Å². The normalized spacial score (nSPS) is 25.9. The van der Waals surface area contributed by atoms with Crippen LogP contribution in [0.3, 0.4) is 0 Å². The van der Waals surface area contributed by atoms with Crippen molar-refractivity contribution >= 4 is 17.8 Å². The fraction of sp³-hybridized carbons (Fsp3) is 0.700. The van der Waals surface area contributed by atoms with Gasteiger partial charge in [-0.1, -0.05) is 26.7 Å². The topological polar surface area (TPSA) is 86.7 Å². The first-order valence-corrected chi connectivity index (χ1v) is 5.38. The van der Waals surface area contributed by atoms with Gasteiger partial charge in [-0.25, -0.2) is 4.79 Å². The van der Waals surface area contributed by atoms with E-state index >= 15 is 0 Å². The molecule has 0 bridgehead atoms. The maximum Gasteiger partial charge on any atom is 0.355 e. The lowest BCUT2D eigenvalue weighted by Gasteiger charge is -2.35. The summed E-state index contributed by atoms with van der Waals surface area (Å²) in [5, 5.41) is 11.2. The summed E-state index contributed by atoms with van der Waals surface area (Å²) in [6, 6.07) is -1.07. The number of amides is 4. The van der Waals surface area contributed by atoms with Gasteiger partial charge in [0, 0.05) is 0 Å². The van der Waals surface area contributed by atoms with Gasteiger partial charge in [-0.05, 0) is 12.8 Å². The van der Waals surface area contributed by atoms with Gasteiger partial charge in [-0.2, -0.15) is 0 Å². The van der Waals surface area contributed by atoms with Gasteiger partial charge in [0.05, 0.1) is 0 Å². The number of urea groups is 1. The number of barbiturate groups is 1. The largest absolute Gasteiger partial charge is 0.355 e. The molecule has 1 heterocycles. The number of hydrogen-bond donors (Lipinski definition) is 2. The zero-order valence-corrected chi connectivity index (χ0v) is 9.45. The van der Waals surface area contributed by atoms with Gasteiger partial charge in [-0.15, -0.1) is 5.06 Å². The van der Waals surface area contributed by atoms with Gasteiger partial charge in [-0.3, -0.25) is 20.1 Å². The highest BCUT2D eigenvalue weighted by molar-refractivity contribution is 6.18. The second-order valence-corrected chi connectivity index (χ2v) is 3.92. The molecule has 0 spiro atoms. The van der Waals surface area contributed by atoms with Crippen molar-refractivity contribution in [1.82, 2.24) is 10.4 Å². The number of carbonyl (C=O) groups is 3. The lowest BCUT2D eigenvalue weighted by atomic mass is 9.77. The van der Waals surface area contributed by atoms with Crippen LogP contribution in [0.1, 0.15) is 39.5 Å². The van der Waals surface area contributed by atoms with Gasteiger partial charge < -0.3 is 0 Å². The van der Waals surface area contributed by atoms with Crippen LogP contribution in [-0.4, -0.2) is 28.1 Å². The molecule has 1 aliphatic rings. The molecule has 1 aliphatic heterocycles. The smallest absolute Gasteiger partial charge is 0.277 e. The maximum absolute atomic E-state index is 11.8. The van der Waals surface area contributed by atoms with Crippen molar-refractivity contribution < 1.29 is 19.6 Å². The Kier molecular flexibility index (Phi) is 3.64. The number of hydrogen-bond acceptors (Lipinski definition) is 4. The van der Waals surface area contributed by atoms with E-state index in [4.69, 9.17) is 0 Å². The zero-order chi connectivity index (χ0) is 12.3. The minimum absolute atomic E-state index is 0.000556. The van der Waals surface area contributed by atoms with Crippen molar-refractivity contribution in [3.05, 3.63) is 0 Å². The number of hydroxylamine groups is 2. The molecule has 0 aromatic rings. The number of imide groups is 2.